The van der Waals surface area contributed by atoms with E-state index in [0.29, 0.717) is 32.0 Å². The SMILES string of the molecule is CN(CCOc1ccc(Br)cc1)C(=O)[C@@H]1CCCN(C(=O)c2ccco2)C1. The van der Waals surface area contributed by atoms with E-state index < -0.39 is 0 Å². The Morgan fingerprint density at radius 2 is 2.07 bits per heavy atom. The van der Waals surface area contributed by atoms with Gasteiger partial charge in [-0.05, 0) is 49.2 Å². The van der Waals surface area contributed by atoms with E-state index in [9.17, 15) is 9.59 Å². The quantitative estimate of drug-likeness (QED) is 0.698. The van der Waals surface area contributed by atoms with Crippen molar-refractivity contribution in [2.75, 3.05) is 33.3 Å². The molecule has 1 atom stereocenters. The maximum absolute atomic E-state index is 12.7. The molecule has 0 spiro atoms. The normalized spacial score (nSPS) is 16.8. The number of piperidine rings is 1. The highest BCUT2D eigenvalue weighted by Gasteiger charge is 2.31. The first-order chi connectivity index (χ1) is 13.0. The Morgan fingerprint density at radius 1 is 1.30 bits per heavy atom. The second-order valence-corrected chi connectivity index (χ2v) is 7.55. The van der Waals surface area contributed by atoms with Gasteiger partial charge in [-0.2, -0.15) is 0 Å². The van der Waals surface area contributed by atoms with Gasteiger partial charge in [0.15, 0.2) is 5.76 Å². The zero-order valence-electron chi connectivity index (χ0n) is 15.3. The predicted molar refractivity (Wildman–Crippen MR) is 105 cm³/mol. The Bertz CT molecular complexity index is 761. The maximum Gasteiger partial charge on any atom is 0.289 e. The second kappa shape index (κ2) is 9.08. The zero-order chi connectivity index (χ0) is 19.2. The van der Waals surface area contributed by atoms with Crippen LogP contribution in [0.3, 0.4) is 0 Å². The molecular formula is C20H23BrN2O4. The molecule has 2 amide bonds. The first-order valence-corrected chi connectivity index (χ1v) is 9.80. The Morgan fingerprint density at radius 3 is 2.78 bits per heavy atom. The molecule has 0 unspecified atom stereocenters. The van der Waals surface area contributed by atoms with Crippen molar-refractivity contribution in [3.63, 3.8) is 0 Å². The lowest BCUT2D eigenvalue weighted by Crippen LogP contribution is -2.46. The first-order valence-electron chi connectivity index (χ1n) is 9.00. The van der Waals surface area contributed by atoms with E-state index in [0.717, 1.165) is 23.1 Å². The van der Waals surface area contributed by atoms with E-state index in [1.807, 2.05) is 24.3 Å². The van der Waals surface area contributed by atoms with Crippen molar-refractivity contribution in [3.05, 3.63) is 52.9 Å². The van der Waals surface area contributed by atoms with Gasteiger partial charge < -0.3 is 19.0 Å². The summed E-state index contributed by atoms with van der Waals surface area (Å²) in [5.41, 5.74) is 0. The summed E-state index contributed by atoms with van der Waals surface area (Å²) in [5.74, 6) is 0.798. The van der Waals surface area contributed by atoms with Crippen LogP contribution in [0.2, 0.25) is 0 Å². The number of amides is 2. The van der Waals surface area contributed by atoms with Crippen LogP contribution in [0.25, 0.3) is 0 Å². The van der Waals surface area contributed by atoms with Crippen molar-refractivity contribution in [1.82, 2.24) is 9.80 Å². The van der Waals surface area contributed by atoms with E-state index >= 15 is 0 Å². The molecule has 27 heavy (non-hydrogen) atoms. The Kier molecular flexibility index (Phi) is 6.55. The molecule has 1 aromatic heterocycles. The summed E-state index contributed by atoms with van der Waals surface area (Å²) in [6.07, 6.45) is 3.09. The minimum absolute atomic E-state index is 0.0475. The van der Waals surface area contributed by atoms with Crippen molar-refractivity contribution in [2.24, 2.45) is 5.92 Å². The molecule has 2 heterocycles. The van der Waals surface area contributed by atoms with Crippen LogP contribution in [-0.2, 0) is 4.79 Å². The molecule has 1 aliphatic heterocycles. The molecule has 1 aliphatic rings. The van der Waals surface area contributed by atoms with Gasteiger partial charge in [-0.3, -0.25) is 9.59 Å². The molecular weight excluding hydrogens is 412 g/mol. The van der Waals surface area contributed by atoms with Crippen molar-refractivity contribution in [3.8, 4) is 5.75 Å². The molecule has 1 aromatic carbocycles. The van der Waals surface area contributed by atoms with Gasteiger partial charge in [0.2, 0.25) is 5.91 Å². The number of benzene rings is 1. The number of carbonyl (C=O) groups is 2. The fourth-order valence-corrected chi connectivity index (χ4v) is 3.44. The van der Waals surface area contributed by atoms with Gasteiger partial charge in [-0.15, -0.1) is 0 Å². The van der Waals surface area contributed by atoms with Crippen LogP contribution in [-0.4, -0.2) is 54.9 Å². The second-order valence-electron chi connectivity index (χ2n) is 6.63. The monoisotopic (exact) mass is 434 g/mol. The number of halogens is 1. The third kappa shape index (κ3) is 5.13. The minimum atomic E-state index is -0.185. The lowest BCUT2D eigenvalue weighted by atomic mass is 9.96. The molecule has 3 rings (SSSR count). The Labute approximate surface area is 167 Å². The fourth-order valence-electron chi connectivity index (χ4n) is 3.17. The minimum Gasteiger partial charge on any atom is -0.492 e. The van der Waals surface area contributed by atoms with E-state index in [1.54, 1.807) is 29.0 Å². The third-order valence-electron chi connectivity index (χ3n) is 4.68. The van der Waals surface area contributed by atoms with Crippen LogP contribution < -0.4 is 4.74 Å². The van der Waals surface area contributed by atoms with Gasteiger partial charge in [-0.25, -0.2) is 0 Å². The molecule has 0 N–H and O–H groups in total. The van der Waals surface area contributed by atoms with Gasteiger partial charge in [0.1, 0.15) is 12.4 Å². The molecule has 144 valence electrons. The summed E-state index contributed by atoms with van der Waals surface area (Å²) in [4.78, 5) is 28.6. The molecule has 0 bridgehead atoms. The van der Waals surface area contributed by atoms with E-state index in [-0.39, 0.29) is 17.7 Å². The largest absolute Gasteiger partial charge is 0.492 e. The number of likely N-dealkylation sites (N-methyl/N-ethyl adjacent to an activating group) is 1. The lowest BCUT2D eigenvalue weighted by Gasteiger charge is -2.33. The molecule has 7 heteroatoms. The lowest BCUT2D eigenvalue weighted by molar-refractivity contribution is -0.135. The van der Waals surface area contributed by atoms with Gasteiger partial charge in [0.25, 0.3) is 5.91 Å². The van der Waals surface area contributed by atoms with Crippen LogP contribution in [0.1, 0.15) is 23.4 Å². The number of hydrogen-bond donors (Lipinski definition) is 0. The van der Waals surface area contributed by atoms with Crippen LogP contribution in [0.4, 0.5) is 0 Å². The maximum atomic E-state index is 12.7. The van der Waals surface area contributed by atoms with Crippen LogP contribution in [0, 0.1) is 5.92 Å². The molecule has 0 saturated carbocycles. The fraction of sp³-hybridized carbons (Fsp3) is 0.400. The summed E-state index contributed by atoms with van der Waals surface area (Å²) in [5, 5.41) is 0. The van der Waals surface area contributed by atoms with Crippen LogP contribution in [0.15, 0.2) is 51.6 Å². The average Bonchev–Trinajstić information content (AvgIpc) is 3.23. The molecule has 6 nitrogen and oxygen atoms in total. The molecule has 1 saturated heterocycles. The first kappa shape index (κ1) is 19.5. The topological polar surface area (TPSA) is 63.0 Å². The average molecular weight is 435 g/mol. The Hall–Kier alpha value is -2.28. The smallest absolute Gasteiger partial charge is 0.289 e. The van der Waals surface area contributed by atoms with Crippen molar-refractivity contribution in [2.45, 2.75) is 12.8 Å². The summed E-state index contributed by atoms with van der Waals surface area (Å²) >= 11 is 3.39. The van der Waals surface area contributed by atoms with Crippen molar-refractivity contribution in [1.29, 1.82) is 0 Å². The number of likely N-dealkylation sites (tertiary alicyclic amines) is 1. The van der Waals surface area contributed by atoms with Gasteiger partial charge in [0.05, 0.1) is 18.7 Å². The predicted octanol–water partition coefficient (Wildman–Crippen LogP) is 3.43. The molecule has 2 aromatic rings. The molecule has 1 fully saturated rings. The summed E-state index contributed by atoms with van der Waals surface area (Å²) in [6, 6.07) is 10.9. The third-order valence-corrected chi connectivity index (χ3v) is 5.20. The number of furan rings is 1. The molecule has 0 aliphatic carbocycles. The molecule has 0 radical (unpaired) electrons. The zero-order valence-corrected chi connectivity index (χ0v) is 16.9. The summed E-state index contributed by atoms with van der Waals surface area (Å²) < 4.78 is 11.9. The van der Waals surface area contributed by atoms with Crippen molar-refractivity contribution >= 4 is 27.7 Å². The highest BCUT2D eigenvalue weighted by molar-refractivity contribution is 9.10. The van der Waals surface area contributed by atoms with Gasteiger partial charge in [0, 0.05) is 24.6 Å². The van der Waals surface area contributed by atoms with Gasteiger partial charge in [-0.1, -0.05) is 15.9 Å². The van der Waals surface area contributed by atoms with Crippen LogP contribution >= 0.6 is 15.9 Å². The summed E-state index contributed by atoms with van der Waals surface area (Å²) in [6.45, 7) is 2.00. The van der Waals surface area contributed by atoms with E-state index in [1.165, 1.54) is 6.26 Å². The number of carbonyl (C=O) groups excluding carboxylic acids is 2. The van der Waals surface area contributed by atoms with E-state index in [4.69, 9.17) is 9.15 Å². The van der Waals surface area contributed by atoms with Crippen molar-refractivity contribution < 1.29 is 18.7 Å². The summed E-state index contributed by atoms with van der Waals surface area (Å²) in [7, 11) is 1.78. The number of hydrogen-bond acceptors (Lipinski definition) is 4. The van der Waals surface area contributed by atoms with Crippen LogP contribution in [0.5, 0.6) is 5.75 Å². The highest BCUT2D eigenvalue weighted by atomic mass is 79.9. The number of nitrogens with zero attached hydrogens (tertiary/aromatic N) is 2. The number of rotatable bonds is 6. The van der Waals surface area contributed by atoms with E-state index in [2.05, 4.69) is 15.9 Å². The van der Waals surface area contributed by atoms with Gasteiger partial charge >= 0.3 is 0 Å². The highest BCUT2D eigenvalue weighted by Crippen LogP contribution is 2.21. The standard InChI is InChI=1S/C20H23BrN2O4/c1-22(11-13-26-17-8-6-16(21)7-9-17)19(24)15-4-2-10-23(14-15)20(25)18-5-3-12-27-18/h3,5-9,12,15H,2,4,10-11,13-14H2,1H3/t15-/m1/s1. The Balaban J connectivity index is 1.48. The number of ether oxygens (including phenoxy) is 1.